The molecule has 1 aliphatic heterocycles. The number of nitrogens with zero attached hydrogens (tertiary/aromatic N) is 1. The molecule has 1 heterocycles. The van der Waals surface area contributed by atoms with Gasteiger partial charge in [0, 0.05) is 19.7 Å². The molecule has 1 N–H and O–H groups in total. The average Bonchev–Trinajstić information content (AvgIpc) is 2.35. The third-order valence-corrected chi connectivity index (χ3v) is 5.40. The molecule has 0 saturated carbocycles. The summed E-state index contributed by atoms with van der Waals surface area (Å²) in [5.74, 6) is 0.0875. The first-order valence-electron chi connectivity index (χ1n) is 6.19. The summed E-state index contributed by atoms with van der Waals surface area (Å²) in [6.45, 7) is 2.03. The van der Waals surface area contributed by atoms with Crippen molar-refractivity contribution in [1.82, 2.24) is 0 Å². The Bertz CT molecular complexity index is 539. The lowest BCUT2D eigenvalue weighted by atomic mass is 10.1. The molecule has 0 amide bonds. The maximum absolute atomic E-state index is 12.3. The topological polar surface area (TPSA) is 57.6 Å². The van der Waals surface area contributed by atoms with Gasteiger partial charge < -0.3 is 10.0 Å². The van der Waals surface area contributed by atoms with E-state index in [1.165, 1.54) is 0 Å². The van der Waals surface area contributed by atoms with Crippen LogP contribution in [-0.2, 0) is 16.3 Å². The Kier molecular flexibility index (Phi) is 3.64. The number of hydrogen-bond donors (Lipinski definition) is 1. The molecule has 1 aliphatic rings. The number of rotatable bonds is 3. The fourth-order valence-electron chi connectivity index (χ4n) is 2.57. The van der Waals surface area contributed by atoms with Crippen molar-refractivity contribution >= 4 is 15.5 Å². The first-order chi connectivity index (χ1) is 8.51. The van der Waals surface area contributed by atoms with E-state index >= 15 is 0 Å². The summed E-state index contributed by atoms with van der Waals surface area (Å²) in [6, 6.07) is 5.30. The highest BCUT2D eigenvalue weighted by atomic mass is 32.2. The van der Waals surface area contributed by atoms with Crippen LogP contribution in [0.2, 0.25) is 0 Å². The van der Waals surface area contributed by atoms with Crippen LogP contribution in [0.25, 0.3) is 0 Å². The molecule has 0 bridgehead atoms. The van der Waals surface area contributed by atoms with Gasteiger partial charge in [-0.1, -0.05) is 19.1 Å². The number of aliphatic hydroxyl groups excluding tert-OH is 1. The van der Waals surface area contributed by atoms with Crippen LogP contribution in [-0.4, -0.2) is 39.0 Å². The van der Waals surface area contributed by atoms with Crippen LogP contribution < -0.4 is 4.90 Å². The van der Waals surface area contributed by atoms with Gasteiger partial charge in [0.1, 0.15) is 0 Å². The first kappa shape index (κ1) is 13.4. The number of sulfone groups is 1. The van der Waals surface area contributed by atoms with E-state index in [2.05, 4.69) is 0 Å². The number of hydrogen-bond acceptors (Lipinski definition) is 4. The lowest BCUT2D eigenvalue weighted by Gasteiger charge is -2.36. The van der Waals surface area contributed by atoms with E-state index in [9.17, 15) is 8.42 Å². The highest BCUT2D eigenvalue weighted by Gasteiger charge is 2.34. The van der Waals surface area contributed by atoms with Gasteiger partial charge in [-0.3, -0.25) is 0 Å². The minimum absolute atomic E-state index is 0.00809. The molecule has 1 aromatic rings. The molecule has 1 unspecified atom stereocenters. The fourth-order valence-corrected chi connectivity index (χ4v) is 4.50. The van der Waals surface area contributed by atoms with Gasteiger partial charge in [0.2, 0.25) is 0 Å². The van der Waals surface area contributed by atoms with Crippen molar-refractivity contribution < 1.29 is 13.5 Å². The Hall–Kier alpha value is -1.07. The minimum atomic E-state index is -3.23. The van der Waals surface area contributed by atoms with Gasteiger partial charge in [-0.15, -0.1) is 0 Å². The number of fused-ring (bicyclic) bond motifs is 1. The van der Waals surface area contributed by atoms with Crippen LogP contribution >= 0.6 is 0 Å². The van der Waals surface area contributed by atoms with Crippen molar-refractivity contribution in [3.63, 3.8) is 0 Å². The number of para-hydroxylation sites is 1. The molecule has 0 saturated heterocycles. The largest absolute Gasteiger partial charge is 0.396 e. The quantitative estimate of drug-likeness (QED) is 0.896. The summed E-state index contributed by atoms with van der Waals surface area (Å²) in [4.78, 5) is 2.43. The second-order valence-corrected chi connectivity index (χ2v) is 6.68. The molecule has 18 heavy (non-hydrogen) atoms. The van der Waals surface area contributed by atoms with E-state index < -0.39 is 9.84 Å². The van der Waals surface area contributed by atoms with Crippen molar-refractivity contribution in [3.8, 4) is 0 Å². The maximum Gasteiger partial charge on any atom is 0.182 e. The number of aryl methyl sites for hydroxylation is 1. The fraction of sp³-hybridized carbons (Fsp3) is 0.538. The van der Waals surface area contributed by atoms with E-state index in [0.717, 1.165) is 17.7 Å². The third kappa shape index (κ3) is 2.12. The number of aliphatic hydroxyl groups is 1. The Balaban J connectivity index is 2.59. The smallest absolute Gasteiger partial charge is 0.182 e. The second kappa shape index (κ2) is 4.90. The molecule has 2 rings (SSSR count). The first-order valence-corrected chi connectivity index (χ1v) is 7.84. The lowest BCUT2D eigenvalue weighted by Crippen LogP contribution is -2.43. The summed E-state index contributed by atoms with van der Waals surface area (Å²) in [7, 11) is -1.32. The predicted molar refractivity (Wildman–Crippen MR) is 71.8 cm³/mol. The van der Waals surface area contributed by atoms with Crippen molar-refractivity contribution in [3.05, 3.63) is 23.8 Å². The summed E-state index contributed by atoms with van der Waals surface area (Å²) < 4.78 is 24.5. The standard InChI is InChI=1S/C13H19NO3S/c1-3-10-5-4-6-12-13(10)14(2)11(7-8-15)9-18(12,16)17/h4-6,11,15H,3,7-9H2,1-2H3. The van der Waals surface area contributed by atoms with Crippen LogP contribution in [0.1, 0.15) is 18.9 Å². The highest BCUT2D eigenvalue weighted by Crippen LogP contribution is 2.36. The SMILES string of the molecule is CCc1cccc2c1N(C)C(CCO)CS2(=O)=O. The lowest BCUT2D eigenvalue weighted by molar-refractivity contribution is 0.277. The van der Waals surface area contributed by atoms with Crippen molar-refractivity contribution in [1.29, 1.82) is 0 Å². The number of anilines is 1. The van der Waals surface area contributed by atoms with Gasteiger partial charge in [-0.25, -0.2) is 8.42 Å². The van der Waals surface area contributed by atoms with Crippen molar-refractivity contribution in [2.24, 2.45) is 0 Å². The maximum atomic E-state index is 12.3. The van der Waals surface area contributed by atoms with E-state index in [1.807, 2.05) is 24.9 Å². The van der Waals surface area contributed by atoms with Gasteiger partial charge in [0.25, 0.3) is 0 Å². The van der Waals surface area contributed by atoms with E-state index in [4.69, 9.17) is 5.11 Å². The molecule has 0 spiro atoms. The summed E-state index contributed by atoms with van der Waals surface area (Å²) in [6.07, 6.45) is 1.28. The van der Waals surface area contributed by atoms with Crippen molar-refractivity contribution in [2.75, 3.05) is 24.3 Å². The molecular weight excluding hydrogens is 250 g/mol. The zero-order valence-corrected chi connectivity index (χ0v) is 11.6. The molecule has 4 nitrogen and oxygen atoms in total. The Morgan fingerprint density at radius 2 is 2.17 bits per heavy atom. The van der Waals surface area contributed by atoms with Gasteiger partial charge in [0.05, 0.1) is 16.3 Å². The Morgan fingerprint density at radius 1 is 1.44 bits per heavy atom. The summed E-state index contributed by atoms with van der Waals surface area (Å²) in [5, 5.41) is 9.06. The molecule has 100 valence electrons. The summed E-state index contributed by atoms with van der Waals surface area (Å²) >= 11 is 0. The zero-order chi connectivity index (χ0) is 13.3. The van der Waals surface area contributed by atoms with Gasteiger partial charge in [-0.05, 0) is 24.5 Å². The van der Waals surface area contributed by atoms with Crippen LogP contribution in [0.3, 0.4) is 0 Å². The van der Waals surface area contributed by atoms with E-state index in [0.29, 0.717) is 11.3 Å². The molecule has 1 aromatic carbocycles. The Labute approximate surface area is 108 Å². The van der Waals surface area contributed by atoms with Gasteiger partial charge >= 0.3 is 0 Å². The second-order valence-electron chi connectivity index (χ2n) is 4.68. The molecule has 0 radical (unpaired) electrons. The van der Waals surface area contributed by atoms with Gasteiger partial charge in [0.15, 0.2) is 9.84 Å². The molecule has 0 aliphatic carbocycles. The van der Waals surface area contributed by atoms with Crippen LogP contribution in [0, 0.1) is 0 Å². The average molecular weight is 269 g/mol. The molecule has 5 heteroatoms. The Morgan fingerprint density at radius 3 is 2.78 bits per heavy atom. The van der Waals surface area contributed by atoms with E-state index in [1.54, 1.807) is 12.1 Å². The zero-order valence-electron chi connectivity index (χ0n) is 10.8. The minimum Gasteiger partial charge on any atom is -0.396 e. The highest BCUT2D eigenvalue weighted by molar-refractivity contribution is 7.91. The van der Waals surface area contributed by atoms with Crippen LogP contribution in [0.5, 0.6) is 0 Å². The van der Waals surface area contributed by atoms with Crippen LogP contribution in [0.15, 0.2) is 23.1 Å². The molecule has 1 atom stereocenters. The third-order valence-electron chi connectivity index (χ3n) is 3.57. The van der Waals surface area contributed by atoms with Crippen molar-refractivity contribution in [2.45, 2.75) is 30.7 Å². The molecular formula is C13H19NO3S. The molecule has 0 aromatic heterocycles. The predicted octanol–water partition coefficient (Wildman–Crippen LogP) is 1.22. The normalized spacial score (nSPS) is 21.7. The van der Waals surface area contributed by atoms with Crippen LogP contribution in [0.4, 0.5) is 5.69 Å². The van der Waals surface area contributed by atoms with E-state index in [-0.39, 0.29) is 18.4 Å². The monoisotopic (exact) mass is 269 g/mol. The number of benzene rings is 1. The van der Waals surface area contributed by atoms with Gasteiger partial charge in [-0.2, -0.15) is 0 Å². The molecule has 0 fully saturated rings. The summed E-state index contributed by atoms with van der Waals surface area (Å²) in [5.41, 5.74) is 1.85.